The maximum absolute atomic E-state index is 12.0. The van der Waals surface area contributed by atoms with E-state index < -0.39 is 0 Å². The Bertz CT molecular complexity index is 1190. The van der Waals surface area contributed by atoms with Crippen molar-refractivity contribution >= 4 is 22.8 Å². The molecule has 1 amide bonds. The predicted molar refractivity (Wildman–Crippen MR) is 142 cm³/mol. The van der Waals surface area contributed by atoms with Crippen LogP contribution in [0.4, 0.5) is 5.82 Å². The summed E-state index contributed by atoms with van der Waals surface area (Å²) in [4.78, 5) is 31.5. The lowest BCUT2D eigenvalue weighted by Gasteiger charge is -2.44. The fourth-order valence-corrected chi connectivity index (χ4v) is 5.46. The van der Waals surface area contributed by atoms with Crippen LogP contribution in [0.2, 0.25) is 0 Å². The number of aromatic nitrogens is 3. The lowest BCUT2D eigenvalue weighted by Crippen LogP contribution is -2.58. The van der Waals surface area contributed by atoms with Gasteiger partial charge in [-0.05, 0) is 38.5 Å². The average molecular weight is 495 g/mol. The standard InChI is InChI=1S/C27H36N6O3.H2/c1-19-17-32(18-20(2)33(19)21(3)34)26-7-4-6-25(30-26)24-16-29-27-23(24)14-22(15-28-27)36-11-5-8-31-9-12-35-13-10-31;/h4,6-7,14-16,19-20H,5,8-13,17-18H2,1-3H3,(H,28,29);1H/t19-,20+;. The summed E-state index contributed by atoms with van der Waals surface area (Å²) in [6, 6.07) is 8.44. The molecule has 0 aromatic carbocycles. The number of piperazine rings is 1. The van der Waals surface area contributed by atoms with Gasteiger partial charge in [0.15, 0.2) is 0 Å². The summed E-state index contributed by atoms with van der Waals surface area (Å²) in [6.45, 7) is 12.7. The average Bonchev–Trinajstić information content (AvgIpc) is 3.30. The third-order valence-electron chi connectivity index (χ3n) is 7.11. The number of carbonyl (C=O) groups excluding carboxylic acids is 1. The molecule has 1 N–H and O–H groups in total. The van der Waals surface area contributed by atoms with E-state index in [1.807, 2.05) is 35.4 Å². The minimum Gasteiger partial charge on any atom is -0.492 e. The molecule has 0 radical (unpaired) electrons. The molecule has 2 atom stereocenters. The van der Waals surface area contributed by atoms with Crippen LogP contribution < -0.4 is 9.64 Å². The van der Waals surface area contributed by atoms with Crippen molar-refractivity contribution in [1.29, 1.82) is 0 Å². The molecule has 36 heavy (non-hydrogen) atoms. The molecule has 2 fully saturated rings. The Hall–Kier alpha value is -3.17. The van der Waals surface area contributed by atoms with Crippen molar-refractivity contribution in [3.8, 4) is 17.0 Å². The lowest BCUT2D eigenvalue weighted by atomic mass is 10.1. The number of hydrogen-bond donors (Lipinski definition) is 1. The van der Waals surface area contributed by atoms with Crippen molar-refractivity contribution < 1.29 is 15.7 Å². The van der Waals surface area contributed by atoms with Crippen LogP contribution in [0.1, 0.15) is 28.6 Å². The second kappa shape index (κ2) is 10.8. The van der Waals surface area contributed by atoms with E-state index in [0.717, 1.165) is 86.2 Å². The maximum Gasteiger partial charge on any atom is 0.220 e. The highest BCUT2D eigenvalue weighted by Gasteiger charge is 2.31. The number of rotatable bonds is 7. The Kier molecular flexibility index (Phi) is 7.38. The maximum atomic E-state index is 12.0. The number of nitrogens with zero attached hydrogens (tertiary/aromatic N) is 5. The largest absolute Gasteiger partial charge is 0.492 e. The number of nitrogens with one attached hydrogen (secondary N) is 1. The van der Waals surface area contributed by atoms with Gasteiger partial charge in [-0.2, -0.15) is 0 Å². The quantitative estimate of drug-likeness (QED) is 0.504. The predicted octanol–water partition coefficient (Wildman–Crippen LogP) is 3.42. The number of H-pyrrole nitrogens is 1. The van der Waals surface area contributed by atoms with Crippen molar-refractivity contribution in [1.82, 2.24) is 24.8 Å². The van der Waals surface area contributed by atoms with E-state index >= 15 is 0 Å². The molecule has 9 heteroatoms. The molecule has 194 valence electrons. The molecular weight excluding hydrogens is 456 g/mol. The zero-order valence-corrected chi connectivity index (χ0v) is 21.4. The second-order valence-corrected chi connectivity index (χ2v) is 9.84. The Morgan fingerprint density at radius 1 is 1.22 bits per heavy atom. The summed E-state index contributed by atoms with van der Waals surface area (Å²) in [5.74, 6) is 1.82. The van der Waals surface area contributed by atoms with Crippen LogP contribution in [-0.2, 0) is 9.53 Å². The highest BCUT2D eigenvalue weighted by molar-refractivity contribution is 5.93. The summed E-state index contributed by atoms with van der Waals surface area (Å²) in [7, 11) is 0. The molecule has 0 saturated carbocycles. The Balaban J connectivity index is 0.00000320. The van der Waals surface area contributed by atoms with Gasteiger partial charge in [-0.3, -0.25) is 9.69 Å². The van der Waals surface area contributed by atoms with Crippen LogP contribution in [-0.4, -0.2) is 95.3 Å². The summed E-state index contributed by atoms with van der Waals surface area (Å²) < 4.78 is 11.5. The van der Waals surface area contributed by atoms with Crippen molar-refractivity contribution in [2.75, 3.05) is 57.4 Å². The molecular formula is C27H38N6O3. The minimum atomic E-state index is 0. The van der Waals surface area contributed by atoms with Crippen LogP contribution in [0.15, 0.2) is 36.7 Å². The molecule has 3 aromatic heterocycles. The number of pyridine rings is 2. The van der Waals surface area contributed by atoms with Crippen LogP contribution in [0.3, 0.4) is 0 Å². The van der Waals surface area contributed by atoms with Gasteiger partial charge >= 0.3 is 0 Å². The van der Waals surface area contributed by atoms with Crippen molar-refractivity contribution in [3.63, 3.8) is 0 Å². The zero-order chi connectivity index (χ0) is 25.1. The normalized spacial score (nSPS) is 21.2. The molecule has 5 heterocycles. The molecule has 2 saturated heterocycles. The third kappa shape index (κ3) is 5.32. The van der Waals surface area contributed by atoms with Gasteiger partial charge in [0.25, 0.3) is 0 Å². The van der Waals surface area contributed by atoms with E-state index in [0.29, 0.717) is 6.61 Å². The number of hydrogen-bond acceptors (Lipinski definition) is 7. The van der Waals surface area contributed by atoms with E-state index in [1.54, 1.807) is 13.1 Å². The number of carbonyl (C=O) groups is 1. The summed E-state index contributed by atoms with van der Waals surface area (Å²) in [5.41, 5.74) is 2.70. The number of fused-ring (bicyclic) bond motifs is 1. The fraction of sp³-hybridized carbons (Fsp3) is 0.519. The van der Waals surface area contributed by atoms with E-state index in [2.05, 4.69) is 33.6 Å². The lowest BCUT2D eigenvalue weighted by molar-refractivity contribution is -0.133. The Labute approximate surface area is 213 Å². The number of amides is 1. The number of morpholine rings is 1. The van der Waals surface area contributed by atoms with E-state index in [-0.39, 0.29) is 19.4 Å². The summed E-state index contributed by atoms with van der Waals surface area (Å²) in [6.07, 6.45) is 4.71. The van der Waals surface area contributed by atoms with Gasteiger partial charge in [-0.1, -0.05) is 6.07 Å². The van der Waals surface area contributed by atoms with Gasteiger partial charge in [0.2, 0.25) is 5.91 Å². The van der Waals surface area contributed by atoms with Gasteiger partial charge in [0.05, 0.1) is 31.7 Å². The van der Waals surface area contributed by atoms with Crippen LogP contribution in [0.5, 0.6) is 5.75 Å². The highest BCUT2D eigenvalue weighted by Crippen LogP contribution is 2.31. The van der Waals surface area contributed by atoms with Crippen molar-refractivity contribution in [2.24, 2.45) is 0 Å². The first kappa shape index (κ1) is 24.5. The molecule has 0 aliphatic carbocycles. The first-order chi connectivity index (χ1) is 17.5. The Morgan fingerprint density at radius 3 is 2.75 bits per heavy atom. The van der Waals surface area contributed by atoms with Crippen LogP contribution >= 0.6 is 0 Å². The molecule has 2 aliphatic heterocycles. The van der Waals surface area contributed by atoms with Crippen molar-refractivity contribution in [2.45, 2.75) is 39.3 Å². The monoisotopic (exact) mass is 494 g/mol. The number of aromatic amines is 1. The molecule has 3 aromatic rings. The molecule has 9 nitrogen and oxygen atoms in total. The molecule has 0 spiro atoms. The minimum absolute atomic E-state index is 0. The molecule has 0 bridgehead atoms. The van der Waals surface area contributed by atoms with E-state index in [9.17, 15) is 4.79 Å². The molecule has 0 unspecified atom stereocenters. The fourth-order valence-electron chi connectivity index (χ4n) is 5.46. The summed E-state index contributed by atoms with van der Waals surface area (Å²) in [5, 5.41) is 0.994. The van der Waals surface area contributed by atoms with E-state index in [4.69, 9.17) is 14.5 Å². The van der Waals surface area contributed by atoms with Gasteiger partial charge < -0.3 is 24.3 Å². The first-order valence-electron chi connectivity index (χ1n) is 12.9. The second-order valence-electron chi connectivity index (χ2n) is 9.84. The first-order valence-corrected chi connectivity index (χ1v) is 12.9. The number of ether oxygens (including phenoxy) is 2. The smallest absolute Gasteiger partial charge is 0.220 e. The van der Waals surface area contributed by atoms with Crippen LogP contribution in [0, 0.1) is 0 Å². The van der Waals surface area contributed by atoms with E-state index in [1.165, 1.54) is 0 Å². The Morgan fingerprint density at radius 2 is 2.00 bits per heavy atom. The highest BCUT2D eigenvalue weighted by atomic mass is 16.5. The van der Waals surface area contributed by atoms with Gasteiger partial charge in [-0.15, -0.1) is 0 Å². The molecule has 2 aliphatic rings. The van der Waals surface area contributed by atoms with Gasteiger partial charge in [0, 0.05) is 70.3 Å². The SMILES string of the molecule is CC(=O)N1[C@H](C)CN(c2cccc(-c3c[nH]c4ncc(OCCCN5CCOCC5)cc34)n2)C[C@@H]1C.[HH]. The molecule has 5 rings (SSSR count). The zero-order valence-electron chi connectivity index (χ0n) is 21.4. The van der Waals surface area contributed by atoms with Crippen molar-refractivity contribution in [3.05, 3.63) is 36.7 Å². The number of anilines is 1. The van der Waals surface area contributed by atoms with Gasteiger partial charge in [-0.25, -0.2) is 9.97 Å². The van der Waals surface area contributed by atoms with Gasteiger partial charge in [0.1, 0.15) is 17.2 Å². The topological polar surface area (TPSA) is 86.8 Å². The summed E-state index contributed by atoms with van der Waals surface area (Å²) >= 11 is 0. The van der Waals surface area contributed by atoms with Crippen LogP contribution in [0.25, 0.3) is 22.3 Å². The third-order valence-corrected chi connectivity index (χ3v) is 7.11.